The minimum Gasteiger partial charge on any atom is -0.383 e. The van der Waals surface area contributed by atoms with Crippen LogP contribution in [-0.2, 0) is 4.74 Å². The first-order chi connectivity index (χ1) is 9.13. The van der Waals surface area contributed by atoms with Crippen molar-refractivity contribution in [3.8, 4) is 0 Å². The minimum atomic E-state index is 0.128. The molecule has 0 saturated heterocycles. The number of rotatable bonds is 6. The van der Waals surface area contributed by atoms with Crippen LogP contribution in [0.25, 0.3) is 10.9 Å². The zero-order valence-corrected chi connectivity index (χ0v) is 11.6. The van der Waals surface area contributed by atoms with Crippen molar-refractivity contribution < 1.29 is 9.53 Å². The van der Waals surface area contributed by atoms with E-state index in [1.807, 2.05) is 43.1 Å². The third-order valence-corrected chi connectivity index (χ3v) is 3.44. The molecule has 0 aliphatic heterocycles. The van der Waals surface area contributed by atoms with Gasteiger partial charge in [-0.3, -0.25) is 9.69 Å². The smallest absolute Gasteiger partial charge is 0.178 e. The van der Waals surface area contributed by atoms with Gasteiger partial charge < -0.3 is 9.72 Å². The summed E-state index contributed by atoms with van der Waals surface area (Å²) in [6.45, 7) is 3.07. The minimum absolute atomic E-state index is 0.128. The predicted octanol–water partition coefficient (Wildman–Crippen LogP) is 2.32. The van der Waals surface area contributed by atoms with Crippen molar-refractivity contribution in [3.63, 3.8) is 0 Å². The highest BCUT2D eigenvalue weighted by Gasteiger charge is 2.16. The zero-order valence-electron chi connectivity index (χ0n) is 11.6. The van der Waals surface area contributed by atoms with Crippen LogP contribution in [0.4, 0.5) is 0 Å². The van der Waals surface area contributed by atoms with E-state index in [9.17, 15) is 4.79 Å². The summed E-state index contributed by atoms with van der Waals surface area (Å²) < 4.78 is 5.11. The molecule has 1 N–H and O–H groups in total. The van der Waals surface area contributed by atoms with Gasteiger partial charge in [0.1, 0.15) is 0 Å². The Labute approximate surface area is 113 Å². The van der Waals surface area contributed by atoms with Gasteiger partial charge in [0, 0.05) is 35.8 Å². The third-order valence-electron chi connectivity index (χ3n) is 3.44. The summed E-state index contributed by atoms with van der Waals surface area (Å²) in [5.41, 5.74) is 1.76. The number of para-hydroxylation sites is 1. The molecule has 102 valence electrons. The molecule has 0 amide bonds. The Morgan fingerprint density at radius 3 is 2.89 bits per heavy atom. The number of aromatic amines is 1. The first kappa shape index (κ1) is 13.8. The molecule has 19 heavy (non-hydrogen) atoms. The lowest BCUT2D eigenvalue weighted by Gasteiger charge is -2.22. The molecule has 2 aromatic rings. The molecule has 1 unspecified atom stereocenters. The number of nitrogens with zero attached hydrogens (tertiary/aromatic N) is 1. The second-order valence-corrected chi connectivity index (χ2v) is 4.89. The second-order valence-electron chi connectivity index (χ2n) is 4.89. The Bertz CT molecular complexity index is 562. The lowest BCUT2D eigenvalue weighted by molar-refractivity contribution is 0.0843. The van der Waals surface area contributed by atoms with Crippen molar-refractivity contribution in [1.29, 1.82) is 0 Å². The zero-order chi connectivity index (χ0) is 13.8. The van der Waals surface area contributed by atoms with Crippen LogP contribution in [0.15, 0.2) is 30.5 Å². The van der Waals surface area contributed by atoms with E-state index in [1.165, 1.54) is 0 Å². The maximum absolute atomic E-state index is 12.3. The number of carbonyl (C=O) groups excluding carboxylic acids is 1. The quantitative estimate of drug-likeness (QED) is 0.811. The van der Waals surface area contributed by atoms with E-state index in [1.54, 1.807) is 13.3 Å². The Kier molecular flexibility index (Phi) is 4.35. The van der Waals surface area contributed by atoms with Crippen LogP contribution in [0.1, 0.15) is 17.3 Å². The average Bonchev–Trinajstić information content (AvgIpc) is 2.82. The molecule has 1 heterocycles. The van der Waals surface area contributed by atoms with E-state index < -0.39 is 0 Å². The molecule has 1 atom stereocenters. The van der Waals surface area contributed by atoms with Crippen LogP contribution in [0, 0.1) is 0 Å². The third kappa shape index (κ3) is 3.03. The standard InChI is InChI=1S/C15H20N2O2/c1-11(10-19-3)17(2)9-15(18)13-8-16-14-7-5-4-6-12(13)14/h4-8,11,16H,9-10H2,1-3H3. The molecule has 0 saturated carbocycles. The van der Waals surface area contributed by atoms with Gasteiger partial charge in [-0.2, -0.15) is 0 Å². The number of hydrogen-bond donors (Lipinski definition) is 1. The van der Waals surface area contributed by atoms with E-state index in [0.29, 0.717) is 13.2 Å². The number of H-pyrrole nitrogens is 1. The number of hydrogen-bond acceptors (Lipinski definition) is 3. The lowest BCUT2D eigenvalue weighted by Crippen LogP contribution is -2.36. The molecule has 0 spiro atoms. The molecule has 2 rings (SSSR count). The van der Waals surface area contributed by atoms with Gasteiger partial charge in [-0.05, 0) is 20.0 Å². The molecule has 4 heteroatoms. The number of methoxy groups -OCH3 is 1. The van der Waals surface area contributed by atoms with Gasteiger partial charge in [-0.25, -0.2) is 0 Å². The molecule has 0 aliphatic carbocycles. The van der Waals surface area contributed by atoms with Crippen LogP contribution < -0.4 is 0 Å². The lowest BCUT2D eigenvalue weighted by atomic mass is 10.1. The first-order valence-corrected chi connectivity index (χ1v) is 6.42. The Hall–Kier alpha value is -1.65. The number of fused-ring (bicyclic) bond motifs is 1. The Morgan fingerprint density at radius 2 is 2.16 bits per heavy atom. The summed E-state index contributed by atoms with van der Waals surface area (Å²) in [5.74, 6) is 0.128. The van der Waals surface area contributed by atoms with E-state index in [0.717, 1.165) is 16.5 Å². The van der Waals surface area contributed by atoms with Crippen LogP contribution in [0.5, 0.6) is 0 Å². The molecule has 0 radical (unpaired) electrons. The molecule has 4 nitrogen and oxygen atoms in total. The van der Waals surface area contributed by atoms with Gasteiger partial charge >= 0.3 is 0 Å². The van der Waals surface area contributed by atoms with Gasteiger partial charge in [0.25, 0.3) is 0 Å². The summed E-state index contributed by atoms with van der Waals surface area (Å²) in [4.78, 5) is 17.5. The summed E-state index contributed by atoms with van der Waals surface area (Å²) in [5, 5.41) is 0.986. The van der Waals surface area contributed by atoms with Gasteiger partial charge in [-0.1, -0.05) is 18.2 Å². The second kappa shape index (κ2) is 5.99. The van der Waals surface area contributed by atoms with Gasteiger partial charge in [0.2, 0.25) is 0 Å². The van der Waals surface area contributed by atoms with Crippen molar-refractivity contribution in [3.05, 3.63) is 36.0 Å². The maximum Gasteiger partial charge on any atom is 0.178 e. The molecular formula is C15H20N2O2. The highest BCUT2D eigenvalue weighted by Crippen LogP contribution is 2.18. The number of aromatic nitrogens is 1. The highest BCUT2D eigenvalue weighted by molar-refractivity contribution is 6.08. The van der Waals surface area contributed by atoms with Crippen molar-refractivity contribution in [1.82, 2.24) is 9.88 Å². The maximum atomic E-state index is 12.3. The summed E-state index contributed by atoms with van der Waals surface area (Å²) in [6.07, 6.45) is 1.79. The monoisotopic (exact) mass is 260 g/mol. The molecule has 1 aromatic carbocycles. The van der Waals surface area contributed by atoms with Crippen molar-refractivity contribution in [2.24, 2.45) is 0 Å². The van der Waals surface area contributed by atoms with E-state index in [4.69, 9.17) is 4.74 Å². The number of ketones is 1. The molecular weight excluding hydrogens is 240 g/mol. The molecule has 1 aromatic heterocycles. The first-order valence-electron chi connectivity index (χ1n) is 6.42. The summed E-state index contributed by atoms with van der Waals surface area (Å²) in [7, 11) is 3.61. The van der Waals surface area contributed by atoms with Gasteiger partial charge in [0.05, 0.1) is 13.2 Å². The number of ether oxygens (including phenoxy) is 1. The number of carbonyl (C=O) groups is 1. The Balaban J connectivity index is 2.12. The average molecular weight is 260 g/mol. The fraction of sp³-hybridized carbons (Fsp3) is 0.400. The van der Waals surface area contributed by atoms with Crippen LogP contribution in [0.2, 0.25) is 0 Å². The number of nitrogens with one attached hydrogen (secondary N) is 1. The molecule has 0 fully saturated rings. The predicted molar refractivity (Wildman–Crippen MR) is 76.6 cm³/mol. The summed E-state index contributed by atoms with van der Waals surface area (Å²) in [6, 6.07) is 8.07. The van der Waals surface area contributed by atoms with E-state index in [2.05, 4.69) is 4.98 Å². The Morgan fingerprint density at radius 1 is 1.42 bits per heavy atom. The van der Waals surface area contributed by atoms with Crippen LogP contribution >= 0.6 is 0 Å². The van der Waals surface area contributed by atoms with Crippen molar-refractivity contribution in [2.75, 3.05) is 27.3 Å². The summed E-state index contributed by atoms with van der Waals surface area (Å²) >= 11 is 0. The SMILES string of the molecule is COCC(C)N(C)CC(=O)c1c[nH]c2ccccc12. The highest BCUT2D eigenvalue weighted by atomic mass is 16.5. The number of benzene rings is 1. The van der Waals surface area contributed by atoms with Gasteiger partial charge in [0.15, 0.2) is 5.78 Å². The van der Waals surface area contributed by atoms with E-state index >= 15 is 0 Å². The van der Waals surface area contributed by atoms with Crippen LogP contribution in [-0.4, -0.2) is 49.0 Å². The molecule has 0 aliphatic rings. The number of likely N-dealkylation sites (N-methyl/N-ethyl adjacent to an activating group) is 1. The van der Waals surface area contributed by atoms with Crippen molar-refractivity contribution in [2.45, 2.75) is 13.0 Å². The van der Waals surface area contributed by atoms with Crippen molar-refractivity contribution >= 4 is 16.7 Å². The fourth-order valence-corrected chi connectivity index (χ4v) is 2.14. The largest absolute Gasteiger partial charge is 0.383 e. The van der Waals surface area contributed by atoms with Gasteiger partial charge in [-0.15, -0.1) is 0 Å². The topological polar surface area (TPSA) is 45.3 Å². The fourth-order valence-electron chi connectivity index (χ4n) is 2.14. The van der Waals surface area contributed by atoms with Crippen LogP contribution in [0.3, 0.4) is 0 Å². The van der Waals surface area contributed by atoms with E-state index in [-0.39, 0.29) is 11.8 Å². The molecule has 0 bridgehead atoms. The number of Topliss-reactive ketones (excluding diaryl/α,β-unsaturated/α-hetero) is 1. The normalized spacial score (nSPS) is 13.1.